The van der Waals surface area contributed by atoms with Crippen molar-refractivity contribution in [2.45, 2.75) is 77.8 Å². The maximum Gasteiger partial charge on any atom is 0.0197 e. The van der Waals surface area contributed by atoms with Gasteiger partial charge in [0.15, 0.2) is 0 Å². The first-order chi connectivity index (χ1) is 9.19. The molecule has 0 spiro atoms. The highest BCUT2D eigenvalue weighted by molar-refractivity contribution is 4.85. The van der Waals surface area contributed by atoms with Gasteiger partial charge in [0.1, 0.15) is 0 Å². The van der Waals surface area contributed by atoms with Crippen molar-refractivity contribution in [3.8, 4) is 0 Å². The van der Waals surface area contributed by atoms with Crippen LogP contribution < -0.4 is 5.32 Å². The Morgan fingerprint density at radius 3 is 2.53 bits per heavy atom. The predicted octanol–water partition coefficient (Wildman–Crippen LogP) is 3.67. The van der Waals surface area contributed by atoms with Crippen LogP contribution in [0.3, 0.4) is 0 Å². The third-order valence-electron chi connectivity index (χ3n) is 5.18. The lowest BCUT2D eigenvalue weighted by Crippen LogP contribution is -2.44. The summed E-state index contributed by atoms with van der Waals surface area (Å²) >= 11 is 0. The van der Waals surface area contributed by atoms with Crippen LogP contribution in [-0.2, 0) is 0 Å². The molecule has 1 aliphatic heterocycles. The standard InChI is InChI=1S/C17H34N2/c1-4-15-6-8-17(9-7-15)19-11-5-10-18-16(13-19)12-14(2)3/h14-18H,4-13H2,1-3H3. The highest BCUT2D eigenvalue weighted by atomic mass is 15.2. The molecule has 1 aliphatic carbocycles. The fraction of sp³-hybridized carbons (Fsp3) is 1.00. The Morgan fingerprint density at radius 2 is 1.89 bits per heavy atom. The molecule has 1 N–H and O–H groups in total. The van der Waals surface area contributed by atoms with E-state index in [1.807, 2.05) is 0 Å². The molecule has 1 unspecified atom stereocenters. The maximum atomic E-state index is 3.76. The SMILES string of the molecule is CCC1CCC(N2CCCNC(CC(C)C)C2)CC1. The highest BCUT2D eigenvalue weighted by Gasteiger charge is 2.28. The zero-order valence-electron chi connectivity index (χ0n) is 13.3. The molecule has 2 fully saturated rings. The van der Waals surface area contributed by atoms with Crippen LogP contribution in [-0.4, -0.2) is 36.6 Å². The lowest BCUT2D eigenvalue weighted by molar-refractivity contribution is 0.130. The van der Waals surface area contributed by atoms with Gasteiger partial charge in [0.2, 0.25) is 0 Å². The quantitative estimate of drug-likeness (QED) is 0.835. The summed E-state index contributed by atoms with van der Waals surface area (Å²) in [4.78, 5) is 2.82. The van der Waals surface area contributed by atoms with Gasteiger partial charge in [-0.05, 0) is 63.5 Å². The van der Waals surface area contributed by atoms with Gasteiger partial charge >= 0.3 is 0 Å². The summed E-state index contributed by atoms with van der Waals surface area (Å²) in [5.41, 5.74) is 0. The Bertz CT molecular complexity index is 244. The second-order valence-electron chi connectivity index (χ2n) is 7.21. The molecule has 2 aliphatic rings. The second-order valence-corrected chi connectivity index (χ2v) is 7.21. The van der Waals surface area contributed by atoms with Crippen molar-refractivity contribution in [1.82, 2.24) is 10.2 Å². The van der Waals surface area contributed by atoms with Crippen LogP contribution >= 0.6 is 0 Å². The average Bonchev–Trinajstić information content (AvgIpc) is 2.64. The van der Waals surface area contributed by atoms with Crippen molar-refractivity contribution in [1.29, 1.82) is 0 Å². The number of rotatable bonds is 4. The van der Waals surface area contributed by atoms with Crippen LogP contribution in [0.5, 0.6) is 0 Å². The summed E-state index contributed by atoms with van der Waals surface area (Å²) in [6.07, 6.45) is 9.91. The lowest BCUT2D eigenvalue weighted by Gasteiger charge is -2.37. The maximum absolute atomic E-state index is 3.76. The van der Waals surface area contributed by atoms with E-state index < -0.39 is 0 Å². The molecule has 2 rings (SSSR count). The second kappa shape index (κ2) is 7.64. The van der Waals surface area contributed by atoms with Crippen LogP contribution in [0.2, 0.25) is 0 Å². The van der Waals surface area contributed by atoms with Gasteiger partial charge in [0, 0.05) is 18.6 Å². The molecule has 0 aromatic carbocycles. The first-order valence-corrected chi connectivity index (χ1v) is 8.66. The average molecular weight is 266 g/mol. The van der Waals surface area contributed by atoms with E-state index in [-0.39, 0.29) is 0 Å². The van der Waals surface area contributed by atoms with Crippen LogP contribution in [0.25, 0.3) is 0 Å². The Kier molecular flexibility index (Phi) is 6.15. The van der Waals surface area contributed by atoms with Crippen molar-refractivity contribution in [2.24, 2.45) is 11.8 Å². The van der Waals surface area contributed by atoms with Crippen LogP contribution in [0.4, 0.5) is 0 Å². The molecule has 0 aromatic heterocycles. The molecule has 2 heteroatoms. The molecule has 112 valence electrons. The third-order valence-corrected chi connectivity index (χ3v) is 5.18. The van der Waals surface area contributed by atoms with E-state index >= 15 is 0 Å². The Hall–Kier alpha value is -0.0800. The van der Waals surface area contributed by atoms with Gasteiger partial charge in [-0.2, -0.15) is 0 Å². The Morgan fingerprint density at radius 1 is 1.16 bits per heavy atom. The summed E-state index contributed by atoms with van der Waals surface area (Å²) in [6.45, 7) is 10.9. The van der Waals surface area contributed by atoms with Crippen LogP contribution in [0, 0.1) is 11.8 Å². The topological polar surface area (TPSA) is 15.3 Å². The highest BCUT2D eigenvalue weighted by Crippen LogP contribution is 2.30. The molecule has 1 saturated heterocycles. The molecule has 0 radical (unpaired) electrons. The Balaban J connectivity index is 1.84. The van der Waals surface area contributed by atoms with Gasteiger partial charge in [-0.3, -0.25) is 4.90 Å². The van der Waals surface area contributed by atoms with E-state index in [2.05, 4.69) is 31.0 Å². The summed E-state index contributed by atoms with van der Waals surface area (Å²) in [5, 5.41) is 3.76. The molecule has 0 bridgehead atoms. The van der Waals surface area contributed by atoms with Crippen LogP contribution in [0.1, 0.15) is 65.7 Å². The van der Waals surface area contributed by atoms with Crippen molar-refractivity contribution in [2.75, 3.05) is 19.6 Å². The molecule has 0 aromatic rings. The van der Waals surface area contributed by atoms with E-state index in [0.717, 1.165) is 23.9 Å². The smallest absolute Gasteiger partial charge is 0.0197 e. The molecule has 1 atom stereocenters. The van der Waals surface area contributed by atoms with E-state index in [4.69, 9.17) is 0 Å². The van der Waals surface area contributed by atoms with E-state index in [9.17, 15) is 0 Å². The first-order valence-electron chi connectivity index (χ1n) is 8.66. The van der Waals surface area contributed by atoms with Crippen molar-refractivity contribution < 1.29 is 0 Å². The van der Waals surface area contributed by atoms with Crippen molar-refractivity contribution in [3.63, 3.8) is 0 Å². The molecule has 2 nitrogen and oxygen atoms in total. The lowest BCUT2D eigenvalue weighted by atomic mass is 9.83. The van der Waals surface area contributed by atoms with Gasteiger partial charge in [0.05, 0.1) is 0 Å². The normalized spacial score (nSPS) is 34.4. The Labute approximate surface area is 120 Å². The fourth-order valence-electron chi connectivity index (χ4n) is 4.00. The van der Waals surface area contributed by atoms with Crippen molar-refractivity contribution >= 4 is 0 Å². The predicted molar refractivity (Wildman–Crippen MR) is 83.5 cm³/mol. The van der Waals surface area contributed by atoms with Crippen molar-refractivity contribution in [3.05, 3.63) is 0 Å². The summed E-state index contributed by atoms with van der Waals surface area (Å²) in [6, 6.07) is 1.61. The zero-order valence-corrected chi connectivity index (χ0v) is 13.3. The number of nitrogens with zero attached hydrogens (tertiary/aromatic N) is 1. The van der Waals surface area contributed by atoms with Gasteiger partial charge in [-0.15, -0.1) is 0 Å². The molecule has 1 heterocycles. The third kappa shape index (κ3) is 4.75. The molecule has 19 heavy (non-hydrogen) atoms. The first kappa shape index (κ1) is 15.3. The van der Waals surface area contributed by atoms with Gasteiger partial charge in [0.25, 0.3) is 0 Å². The minimum absolute atomic E-state index is 0.728. The monoisotopic (exact) mass is 266 g/mol. The minimum Gasteiger partial charge on any atom is -0.313 e. The van der Waals surface area contributed by atoms with Gasteiger partial charge in [-0.1, -0.05) is 27.2 Å². The molecular formula is C17H34N2. The number of hydrogen-bond acceptors (Lipinski definition) is 2. The van der Waals surface area contributed by atoms with E-state index in [1.54, 1.807) is 0 Å². The minimum atomic E-state index is 0.728. The summed E-state index contributed by atoms with van der Waals surface area (Å²) in [5.74, 6) is 1.83. The van der Waals surface area contributed by atoms with E-state index in [0.29, 0.717) is 0 Å². The number of hydrogen-bond donors (Lipinski definition) is 1. The molecule has 1 saturated carbocycles. The van der Waals surface area contributed by atoms with Gasteiger partial charge in [-0.25, -0.2) is 0 Å². The van der Waals surface area contributed by atoms with Crippen LogP contribution in [0.15, 0.2) is 0 Å². The summed E-state index contributed by atoms with van der Waals surface area (Å²) in [7, 11) is 0. The molecule has 0 amide bonds. The fourth-order valence-corrected chi connectivity index (χ4v) is 4.00. The number of nitrogens with one attached hydrogen (secondary N) is 1. The zero-order chi connectivity index (χ0) is 13.7. The van der Waals surface area contributed by atoms with E-state index in [1.165, 1.54) is 64.6 Å². The van der Waals surface area contributed by atoms with Gasteiger partial charge < -0.3 is 5.32 Å². The largest absolute Gasteiger partial charge is 0.313 e. The molecular weight excluding hydrogens is 232 g/mol. The summed E-state index contributed by atoms with van der Waals surface area (Å²) < 4.78 is 0.